The fraction of sp³-hybridized carbons (Fsp3) is 0.364. The van der Waals surface area contributed by atoms with Crippen molar-refractivity contribution in [3.63, 3.8) is 0 Å². The lowest BCUT2D eigenvalue weighted by molar-refractivity contribution is -0.128. The Morgan fingerprint density at radius 3 is 2.52 bits per heavy atom. The minimum absolute atomic E-state index is 0.102. The SMILES string of the molecule is COc1ccc(N=C2S[C@H]3[C@@H]([C@@H](O)[C@H](O)C[C@@H]3C(N)=O)N2Cc2ccc(F)cc2)cc1. The lowest BCUT2D eigenvalue weighted by atomic mass is 9.80. The average molecular weight is 446 g/mol. The van der Waals surface area contributed by atoms with Crippen LogP contribution in [-0.4, -0.2) is 56.8 Å². The summed E-state index contributed by atoms with van der Waals surface area (Å²) in [6.07, 6.45) is -2.04. The van der Waals surface area contributed by atoms with Crippen molar-refractivity contribution in [2.45, 2.75) is 36.5 Å². The van der Waals surface area contributed by atoms with Crippen molar-refractivity contribution >= 4 is 28.5 Å². The van der Waals surface area contributed by atoms with Gasteiger partial charge < -0.3 is 25.6 Å². The molecule has 2 fully saturated rings. The van der Waals surface area contributed by atoms with Crippen LogP contribution >= 0.6 is 11.8 Å². The summed E-state index contributed by atoms with van der Waals surface area (Å²) in [4.78, 5) is 18.7. The van der Waals surface area contributed by atoms with Gasteiger partial charge in [-0.15, -0.1) is 0 Å². The number of hydrogen-bond donors (Lipinski definition) is 3. The zero-order chi connectivity index (χ0) is 22.1. The van der Waals surface area contributed by atoms with E-state index in [2.05, 4.69) is 0 Å². The Hall–Kier alpha value is -2.62. The van der Waals surface area contributed by atoms with E-state index in [-0.39, 0.29) is 17.5 Å². The van der Waals surface area contributed by atoms with Crippen LogP contribution in [0.5, 0.6) is 5.75 Å². The Bertz CT molecular complexity index is 970. The Kier molecular flexibility index (Phi) is 6.17. The molecule has 4 rings (SSSR count). The van der Waals surface area contributed by atoms with Crippen LogP contribution in [0.4, 0.5) is 10.1 Å². The summed E-state index contributed by atoms with van der Waals surface area (Å²) in [6.45, 7) is 0.332. The lowest BCUT2D eigenvalue weighted by Crippen LogP contribution is -2.58. The first kappa shape index (κ1) is 21.6. The zero-order valence-corrected chi connectivity index (χ0v) is 17.7. The van der Waals surface area contributed by atoms with E-state index in [9.17, 15) is 19.4 Å². The second kappa shape index (κ2) is 8.86. The number of carbonyl (C=O) groups excluding carboxylic acids is 1. The molecule has 0 spiro atoms. The first-order valence-corrected chi connectivity index (χ1v) is 10.8. The molecule has 5 atom stereocenters. The molecular formula is C22H24FN3O4S. The van der Waals surface area contributed by atoms with Gasteiger partial charge in [-0.1, -0.05) is 23.9 Å². The highest BCUT2D eigenvalue weighted by Crippen LogP contribution is 2.45. The second-order valence-corrected chi connectivity index (χ2v) is 8.87. The van der Waals surface area contributed by atoms with Gasteiger partial charge in [-0.3, -0.25) is 4.79 Å². The molecule has 0 unspecified atom stereocenters. The topological polar surface area (TPSA) is 108 Å². The number of aliphatic hydroxyl groups is 2. The first-order valence-electron chi connectivity index (χ1n) is 9.93. The molecule has 1 aliphatic heterocycles. The minimum Gasteiger partial charge on any atom is -0.497 e. The number of carbonyl (C=O) groups is 1. The number of benzene rings is 2. The monoisotopic (exact) mass is 445 g/mol. The fourth-order valence-corrected chi connectivity index (χ4v) is 5.70. The third-order valence-electron chi connectivity index (χ3n) is 5.75. The Morgan fingerprint density at radius 1 is 1.23 bits per heavy atom. The number of nitrogens with zero attached hydrogens (tertiary/aromatic N) is 2. The maximum atomic E-state index is 13.4. The number of hydrogen-bond acceptors (Lipinski definition) is 6. The van der Waals surface area contributed by atoms with Crippen LogP contribution in [0.15, 0.2) is 53.5 Å². The van der Waals surface area contributed by atoms with Crippen molar-refractivity contribution in [1.29, 1.82) is 0 Å². The van der Waals surface area contributed by atoms with Crippen LogP contribution < -0.4 is 10.5 Å². The summed E-state index contributed by atoms with van der Waals surface area (Å²) in [5, 5.41) is 21.5. The van der Waals surface area contributed by atoms with E-state index in [0.29, 0.717) is 23.1 Å². The number of methoxy groups -OCH3 is 1. The van der Waals surface area contributed by atoms with Crippen LogP contribution in [0.25, 0.3) is 0 Å². The molecule has 164 valence electrons. The zero-order valence-electron chi connectivity index (χ0n) is 16.9. The fourth-order valence-electron chi connectivity index (χ4n) is 4.12. The predicted octanol–water partition coefficient (Wildman–Crippen LogP) is 2.03. The number of nitrogens with two attached hydrogens (primary N) is 1. The molecule has 31 heavy (non-hydrogen) atoms. The highest BCUT2D eigenvalue weighted by Gasteiger charge is 2.54. The van der Waals surface area contributed by atoms with Crippen LogP contribution in [0, 0.1) is 11.7 Å². The quantitative estimate of drug-likeness (QED) is 0.650. The van der Waals surface area contributed by atoms with Gasteiger partial charge in [0.05, 0.1) is 30.9 Å². The van der Waals surface area contributed by atoms with Gasteiger partial charge in [0.2, 0.25) is 5.91 Å². The number of aliphatic imine (C=N–C) groups is 1. The summed E-state index contributed by atoms with van der Waals surface area (Å²) >= 11 is 1.37. The number of fused-ring (bicyclic) bond motifs is 1. The summed E-state index contributed by atoms with van der Waals surface area (Å²) in [7, 11) is 1.58. The highest BCUT2D eigenvalue weighted by molar-refractivity contribution is 8.14. The molecule has 0 radical (unpaired) electrons. The maximum absolute atomic E-state index is 13.4. The lowest BCUT2D eigenvalue weighted by Gasteiger charge is -2.41. The van der Waals surface area contributed by atoms with E-state index in [4.69, 9.17) is 15.5 Å². The molecule has 2 aromatic rings. The van der Waals surface area contributed by atoms with Crippen molar-refractivity contribution in [3.8, 4) is 5.75 Å². The summed E-state index contributed by atoms with van der Waals surface area (Å²) in [5.74, 6) is -0.757. The van der Waals surface area contributed by atoms with Crippen molar-refractivity contribution < 1.29 is 24.1 Å². The van der Waals surface area contributed by atoms with E-state index in [1.165, 1.54) is 23.9 Å². The molecular weight excluding hydrogens is 421 g/mol. The number of amides is 1. The van der Waals surface area contributed by atoms with Crippen molar-refractivity contribution in [2.75, 3.05) is 7.11 Å². The van der Waals surface area contributed by atoms with Crippen LogP contribution in [0.3, 0.4) is 0 Å². The smallest absolute Gasteiger partial charge is 0.221 e. The van der Waals surface area contributed by atoms with Crippen LogP contribution in [0.1, 0.15) is 12.0 Å². The van der Waals surface area contributed by atoms with Crippen molar-refractivity contribution in [2.24, 2.45) is 16.6 Å². The van der Waals surface area contributed by atoms with Crippen molar-refractivity contribution in [1.82, 2.24) is 4.90 Å². The predicted molar refractivity (Wildman–Crippen MR) is 117 cm³/mol. The molecule has 2 aromatic carbocycles. The molecule has 0 aromatic heterocycles. The van der Waals surface area contributed by atoms with Gasteiger partial charge in [-0.2, -0.15) is 0 Å². The minimum atomic E-state index is -1.07. The van der Waals surface area contributed by atoms with Gasteiger partial charge in [-0.05, 0) is 48.4 Å². The van der Waals surface area contributed by atoms with E-state index in [1.54, 1.807) is 43.5 Å². The summed E-state index contributed by atoms with van der Waals surface area (Å²) in [5.41, 5.74) is 7.11. The van der Waals surface area contributed by atoms with Crippen LogP contribution in [0.2, 0.25) is 0 Å². The number of rotatable bonds is 5. The molecule has 0 bridgehead atoms. The molecule has 1 saturated carbocycles. The Balaban J connectivity index is 1.72. The van der Waals surface area contributed by atoms with E-state index in [1.807, 2.05) is 4.90 Å². The van der Waals surface area contributed by atoms with E-state index < -0.39 is 30.1 Å². The number of amidine groups is 1. The number of ether oxygens (including phenoxy) is 1. The highest BCUT2D eigenvalue weighted by atomic mass is 32.2. The van der Waals surface area contributed by atoms with Crippen molar-refractivity contribution in [3.05, 3.63) is 59.9 Å². The average Bonchev–Trinajstić information content (AvgIpc) is 3.10. The molecule has 1 aliphatic carbocycles. The first-order chi connectivity index (χ1) is 14.9. The Morgan fingerprint density at radius 2 is 1.90 bits per heavy atom. The van der Waals surface area contributed by atoms with Gasteiger partial charge in [0.25, 0.3) is 0 Å². The Labute approximate surface area is 183 Å². The third kappa shape index (κ3) is 4.39. The molecule has 9 heteroatoms. The molecule has 1 saturated heterocycles. The van der Waals surface area contributed by atoms with Gasteiger partial charge in [0.15, 0.2) is 5.17 Å². The van der Waals surface area contributed by atoms with Gasteiger partial charge >= 0.3 is 0 Å². The maximum Gasteiger partial charge on any atom is 0.221 e. The molecule has 4 N–H and O–H groups in total. The second-order valence-electron chi connectivity index (χ2n) is 7.72. The van der Waals surface area contributed by atoms with Crippen LogP contribution in [-0.2, 0) is 11.3 Å². The van der Waals surface area contributed by atoms with E-state index >= 15 is 0 Å². The number of aliphatic hydroxyl groups excluding tert-OH is 2. The largest absolute Gasteiger partial charge is 0.497 e. The van der Waals surface area contributed by atoms with E-state index in [0.717, 1.165) is 5.56 Å². The molecule has 1 amide bonds. The normalized spacial score (nSPS) is 29.1. The summed E-state index contributed by atoms with van der Waals surface area (Å²) < 4.78 is 18.6. The number of thioether (sulfide) groups is 1. The number of halogens is 1. The van der Waals surface area contributed by atoms with Gasteiger partial charge in [0.1, 0.15) is 17.7 Å². The molecule has 2 aliphatic rings. The summed E-state index contributed by atoms with van der Waals surface area (Å²) in [6, 6.07) is 12.7. The third-order valence-corrected chi connectivity index (χ3v) is 7.16. The molecule has 1 heterocycles. The molecule has 7 nitrogen and oxygen atoms in total. The van der Waals surface area contributed by atoms with Gasteiger partial charge in [-0.25, -0.2) is 9.38 Å². The number of primary amides is 1. The standard InChI is InChI=1S/C22H24FN3O4S/c1-30-15-8-6-14(7-9-15)25-22-26(11-12-2-4-13(23)5-3-12)18-19(28)17(27)10-16(21(24)29)20(18)31-22/h2-9,16-20,27-28H,10-11H2,1H3,(H2,24,29)/t16-,17+,18+,19-,20+/m0/s1. The van der Waals surface area contributed by atoms with Gasteiger partial charge in [0, 0.05) is 11.8 Å².